The Bertz CT molecular complexity index is 558. The minimum absolute atomic E-state index is 0.0483. The molecule has 7 heteroatoms. The van der Waals surface area contributed by atoms with E-state index in [2.05, 4.69) is 28.9 Å². The number of likely N-dealkylation sites (tertiary alicyclic amines) is 1. The van der Waals surface area contributed by atoms with Crippen molar-refractivity contribution < 1.29 is 4.92 Å². The summed E-state index contributed by atoms with van der Waals surface area (Å²) in [5.74, 6) is 0.405. The van der Waals surface area contributed by atoms with E-state index in [1.54, 1.807) is 12.1 Å². The fraction of sp³-hybridized carbons (Fsp3) is 0.500. The van der Waals surface area contributed by atoms with Crippen LogP contribution in [0.2, 0.25) is 0 Å². The number of rotatable bonds is 5. The molecule has 1 heterocycles. The van der Waals surface area contributed by atoms with Crippen molar-refractivity contribution in [3.05, 3.63) is 28.3 Å². The summed E-state index contributed by atoms with van der Waals surface area (Å²) in [7, 11) is 0. The van der Waals surface area contributed by atoms with E-state index in [9.17, 15) is 10.1 Å². The Hall–Kier alpha value is -1.78. The van der Waals surface area contributed by atoms with Crippen molar-refractivity contribution in [2.75, 3.05) is 31.5 Å². The molecule has 0 bridgehead atoms. The third-order valence-corrected chi connectivity index (χ3v) is 3.93. The molecule has 1 atom stereocenters. The largest absolute Gasteiger partial charge is 0.379 e. The number of piperidine rings is 1. The number of nitro benzene ring substituents is 1. The molecule has 2 rings (SSSR count). The molecule has 1 fully saturated rings. The molecule has 1 N–H and O–H groups in total. The maximum absolute atomic E-state index is 11.0. The average Bonchev–Trinajstić information content (AvgIpc) is 2.46. The van der Waals surface area contributed by atoms with Crippen LogP contribution in [-0.2, 0) is 0 Å². The second-order valence-corrected chi connectivity index (χ2v) is 5.76. The van der Waals surface area contributed by atoms with Crippen LogP contribution in [0.1, 0.15) is 12.8 Å². The lowest BCUT2D eigenvalue weighted by Crippen LogP contribution is -2.38. The van der Waals surface area contributed by atoms with Gasteiger partial charge in [-0.25, -0.2) is 0 Å². The smallest absolute Gasteiger partial charge is 0.293 e. The Labute approximate surface area is 129 Å². The van der Waals surface area contributed by atoms with E-state index in [0.717, 1.165) is 25.9 Å². The lowest BCUT2D eigenvalue weighted by molar-refractivity contribution is -0.384. The van der Waals surface area contributed by atoms with Gasteiger partial charge in [-0.15, -0.1) is 12.6 Å². The summed E-state index contributed by atoms with van der Waals surface area (Å²) in [6.07, 6.45) is 2.14. The first kappa shape index (κ1) is 15.6. The number of hydrogen-bond acceptors (Lipinski definition) is 6. The van der Waals surface area contributed by atoms with Crippen molar-refractivity contribution in [2.45, 2.75) is 17.7 Å². The van der Waals surface area contributed by atoms with Gasteiger partial charge in [0.2, 0.25) is 0 Å². The molecule has 0 amide bonds. The molecule has 1 aromatic rings. The van der Waals surface area contributed by atoms with Gasteiger partial charge in [0, 0.05) is 24.1 Å². The first-order valence-electron chi connectivity index (χ1n) is 6.90. The van der Waals surface area contributed by atoms with Crippen molar-refractivity contribution in [3.63, 3.8) is 0 Å². The maximum Gasteiger partial charge on any atom is 0.293 e. The van der Waals surface area contributed by atoms with Crippen LogP contribution >= 0.6 is 12.6 Å². The number of benzene rings is 1. The van der Waals surface area contributed by atoms with Gasteiger partial charge in [0.1, 0.15) is 5.69 Å². The number of anilines is 1. The van der Waals surface area contributed by atoms with Gasteiger partial charge in [0.25, 0.3) is 5.69 Å². The molecule has 1 aromatic carbocycles. The Balaban J connectivity index is 1.97. The second kappa shape index (κ2) is 7.29. The van der Waals surface area contributed by atoms with Gasteiger partial charge in [-0.05, 0) is 37.4 Å². The number of thiol groups is 1. The molecule has 0 radical (unpaired) electrons. The van der Waals surface area contributed by atoms with Crippen LogP contribution in [0.4, 0.5) is 11.4 Å². The lowest BCUT2D eigenvalue weighted by Gasteiger charge is -2.31. The third-order valence-electron chi connectivity index (χ3n) is 3.66. The normalized spacial score (nSPS) is 19.0. The zero-order chi connectivity index (χ0) is 15.2. The molecule has 1 aliphatic heterocycles. The molecule has 1 unspecified atom stereocenters. The number of nitriles is 1. The first-order valence-corrected chi connectivity index (χ1v) is 7.35. The van der Waals surface area contributed by atoms with Crippen molar-refractivity contribution in [1.29, 1.82) is 5.26 Å². The third kappa shape index (κ3) is 4.34. The summed E-state index contributed by atoms with van der Waals surface area (Å²) < 4.78 is 0. The van der Waals surface area contributed by atoms with Gasteiger partial charge in [-0.3, -0.25) is 15.0 Å². The Morgan fingerprint density at radius 2 is 2.38 bits per heavy atom. The zero-order valence-corrected chi connectivity index (χ0v) is 12.6. The van der Waals surface area contributed by atoms with E-state index in [1.807, 2.05) is 0 Å². The fourth-order valence-corrected chi connectivity index (χ4v) is 2.83. The Morgan fingerprint density at radius 1 is 1.57 bits per heavy atom. The topological polar surface area (TPSA) is 82.2 Å². The fourth-order valence-electron chi connectivity index (χ4n) is 2.64. The number of hydrogen-bond donors (Lipinski definition) is 2. The summed E-state index contributed by atoms with van der Waals surface area (Å²) >= 11 is 4.13. The van der Waals surface area contributed by atoms with Gasteiger partial charge < -0.3 is 5.32 Å². The monoisotopic (exact) mass is 306 g/mol. The number of nitrogens with one attached hydrogen (secondary N) is 1. The summed E-state index contributed by atoms with van der Waals surface area (Å²) in [5, 5.41) is 23.0. The molecule has 0 spiro atoms. The van der Waals surface area contributed by atoms with Crippen molar-refractivity contribution in [2.24, 2.45) is 5.92 Å². The summed E-state index contributed by atoms with van der Waals surface area (Å²) in [6, 6.07) is 7.05. The lowest BCUT2D eigenvalue weighted by atomic mass is 9.98. The van der Waals surface area contributed by atoms with Gasteiger partial charge in [-0.2, -0.15) is 5.26 Å². The summed E-state index contributed by atoms with van der Waals surface area (Å²) in [5.41, 5.74) is 0.572. The summed E-state index contributed by atoms with van der Waals surface area (Å²) in [6.45, 7) is 2.94. The van der Waals surface area contributed by atoms with Crippen molar-refractivity contribution >= 4 is 24.0 Å². The minimum Gasteiger partial charge on any atom is -0.379 e. The zero-order valence-electron chi connectivity index (χ0n) is 11.7. The molecule has 0 aliphatic carbocycles. The van der Waals surface area contributed by atoms with E-state index >= 15 is 0 Å². The highest BCUT2D eigenvalue weighted by atomic mass is 32.1. The van der Waals surface area contributed by atoms with Crippen molar-refractivity contribution in [3.8, 4) is 6.07 Å². The van der Waals surface area contributed by atoms with E-state index in [-0.39, 0.29) is 5.69 Å². The van der Waals surface area contributed by atoms with Crippen LogP contribution in [0.3, 0.4) is 0 Å². The minimum atomic E-state index is -0.398. The average molecular weight is 306 g/mol. The predicted octanol–water partition coefficient (Wildman–Crippen LogP) is 2.53. The van der Waals surface area contributed by atoms with E-state index in [0.29, 0.717) is 29.6 Å². The molecule has 0 saturated carbocycles. The van der Waals surface area contributed by atoms with Gasteiger partial charge in [0.15, 0.2) is 0 Å². The first-order chi connectivity index (χ1) is 10.1. The highest BCUT2D eigenvalue weighted by Gasteiger charge is 2.21. The standard InChI is InChI=1S/C14H18N4O2S/c15-5-7-17-6-1-2-11(10-17)9-16-13-4-3-12(21)8-14(13)18(19)20/h3-4,8,11,16,21H,1-2,6-7,9-10H2. The molecular weight excluding hydrogens is 288 g/mol. The molecule has 6 nitrogen and oxygen atoms in total. The van der Waals surface area contributed by atoms with Crippen LogP contribution in [0.15, 0.2) is 23.1 Å². The maximum atomic E-state index is 11.0. The van der Waals surface area contributed by atoms with Gasteiger partial charge in [-0.1, -0.05) is 0 Å². The highest BCUT2D eigenvalue weighted by molar-refractivity contribution is 7.80. The number of nitrogens with zero attached hydrogens (tertiary/aromatic N) is 3. The van der Waals surface area contributed by atoms with Crippen LogP contribution < -0.4 is 5.32 Å². The molecule has 0 aromatic heterocycles. The quantitative estimate of drug-likeness (QED) is 0.378. The van der Waals surface area contributed by atoms with E-state index < -0.39 is 4.92 Å². The molecule has 1 saturated heterocycles. The predicted molar refractivity (Wildman–Crippen MR) is 83.6 cm³/mol. The molecule has 1 aliphatic rings. The Morgan fingerprint density at radius 3 is 3.10 bits per heavy atom. The highest BCUT2D eigenvalue weighted by Crippen LogP contribution is 2.27. The second-order valence-electron chi connectivity index (χ2n) is 5.24. The SMILES string of the molecule is N#CCN1CCCC(CNc2ccc(S)cc2[N+](=O)[O-])C1. The van der Waals surface area contributed by atoms with E-state index in [1.165, 1.54) is 6.07 Å². The van der Waals surface area contributed by atoms with E-state index in [4.69, 9.17) is 5.26 Å². The van der Waals surface area contributed by atoms with Crippen LogP contribution in [0.25, 0.3) is 0 Å². The van der Waals surface area contributed by atoms with Crippen molar-refractivity contribution in [1.82, 2.24) is 4.90 Å². The van der Waals surface area contributed by atoms with Crippen LogP contribution in [0, 0.1) is 27.4 Å². The Kier molecular flexibility index (Phi) is 5.42. The molecule has 21 heavy (non-hydrogen) atoms. The number of nitro groups is 1. The van der Waals surface area contributed by atoms with Crippen LogP contribution in [0.5, 0.6) is 0 Å². The van der Waals surface area contributed by atoms with Gasteiger partial charge in [0.05, 0.1) is 17.5 Å². The molecule has 112 valence electrons. The molecular formula is C14H18N4O2S. The summed E-state index contributed by atoms with van der Waals surface area (Å²) in [4.78, 5) is 13.4. The van der Waals surface area contributed by atoms with Crippen LogP contribution in [-0.4, -0.2) is 36.0 Å². The van der Waals surface area contributed by atoms with Gasteiger partial charge >= 0.3 is 0 Å².